The van der Waals surface area contributed by atoms with E-state index in [0.29, 0.717) is 18.4 Å². The van der Waals surface area contributed by atoms with Gasteiger partial charge in [0.2, 0.25) is 6.54 Å². The topological polar surface area (TPSA) is 84.0 Å². The third kappa shape index (κ3) is 2.55. The molecule has 2 atom stereocenters. The van der Waals surface area contributed by atoms with E-state index in [-0.39, 0.29) is 12.3 Å². The Balaban J connectivity index is 2.46. The average Bonchev–Trinajstić information content (AvgIpc) is 2.47. The van der Waals surface area contributed by atoms with Crippen LogP contribution in [-0.4, -0.2) is 17.3 Å². The summed E-state index contributed by atoms with van der Waals surface area (Å²) in [5.74, 6) is -0.821. The smallest absolute Gasteiger partial charge is 0.212 e. The van der Waals surface area contributed by atoms with Crippen LogP contribution in [0.4, 0.5) is 0 Å². The molecule has 1 aliphatic rings. The van der Waals surface area contributed by atoms with E-state index in [1.54, 1.807) is 24.3 Å². The van der Waals surface area contributed by atoms with Gasteiger partial charge in [0.25, 0.3) is 0 Å². The molecule has 5 nitrogen and oxygen atoms in total. The molecule has 1 aromatic carbocycles. The van der Waals surface area contributed by atoms with Crippen LogP contribution in [0.2, 0.25) is 0 Å². The molecule has 1 aliphatic carbocycles. The van der Waals surface area contributed by atoms with Crippen molar-refractivity contribution in [2.45, 2.75) is 31.6 Å². The summed E-state index contributed by atoms with van der Waals surface area (Å²) in [6.45, 7) is -0.386. The van der Waals surface area contributed by atoms with Crippen molar-refractivity contribution >= 4 is 5.78 Å². The van der Waals surface area contributed by atoms with Crippen LogP contribution in [0.1, 0.15) is 37.2 Å². The van der Waals surface area contributed by atoms with Crippen LogP contribution in [0.15, 0.2) is 30.3 Å². The fourth-order valence-corrected chi connectivity index (χ4v) is 3.00. The molecule has 0 radical (unpaired) electrons. The molecule has 0 unspecified atom stereocenters. The van der Waals surface area contributed by atoms with Crippen molar-refractivity contribution < 1.29 is 9.72 Å². The number of hydrogen-bond donors (Lipinski definition) is 0. The second-order valence-electron chi connectivity index (χ2n) is 5.19. The van der Waals surface area contributed by atoms with Crippen molar-refractivity contribution in [1.82, 2.24) is 0 Å². The van der Waals surface area contributed by atoms with E-state index >= 15 is 0 Å². The van der Waals surface area contributed by atoms with Crippen molar-refractivity contribution in [3.63, 3.8) is 0 Å². The molecule has 0 saturated heterocycles. The summed E-state index contributed by atoms with van der Waals surface area (Å²) >= 11 is 0. The largest absolute Gasteiger partial charge is 0.298 e. The lowest BCUT2D eigenvalue weighted by Crippen LogP contribution is -2.41. The Morgan fingerprint density at radius 1 is 1.35 bits per heavy atom. The molecule has 104 valence electrons. The molecule has 5 heteroatoms. The van der Waals surface area contributed by atoms with Crippen molar-refractivity contribution in [2.75, 3.05) is 6.54 Å². The molecule has 0 spiro atoms. The fraction of sp³-hybridized carbons (Fsp3) is 0.467. The standard InChI is InChI=1S/C15H16N2O3/c16-11-15(9-5-4-8-14(15)18)13(10-17(19)20)12-6-2-1-3-7-12/h1-3,6-7,13H,4-5,8-10H2/t13-,15-/m0/s1. The first-order valence-corrected chi connectivity index (χ1v) is 6.71. The molecule has 0 N–H and O–H groups in total. The van der Waals surface area contributed by atoms with Gasteiger partial charge in [0.15, 0.2) is 5.78 Å². The summed E-state index contributed by atoms with van der Waals surface area (Å²) in [5.41, 5.74) is -0.548. The maximum Gasteiger partial charge on any atom is 0.212 e. The highest BCUT2D eigenvalue weighted by Gasteiger charge is 2.49. The first-order valence-electron chi connectivity index (χ1n) is 6.71. The van der Waals surface area contributed by atoms with Crippen molar-refractivity contribution in [2.24, 2.45) is 5.41 Å². The zero-order valence-corrected chi connectivity index (χ0v) is 11.1. The van der Waals surface area contributed by atoms with Gasteiger partial charge in [-0.2, -0.15) is 5.26 Å². The fourth-order valence-electron chi connectivity index (χ4n) is 3.00. The minimum absolute atomic E-state index is 0.151. The minimum Gasteiger partial charge on any atom is -0.298 e. The van der Waals surface area contributed by atoms with Gasteiger partial charge in [-0.25, -0.2) is 0 Å². The van der Waals surface area contributed by atoms with E-state index in [1.165, 1.54) is 0 Å². The molecule has 1 fully saturated rings. The summed E-state index contributed by atoms with van der Waals surface area (Å²) in [6, 6.07) is 11.0. The predicted octanol–water partition coefficient (Wildman–Crippen LogP) is 2.70. The minimum atomic E-state index is -1.24. The van der Waals surface area contributed by atoms with E-state index < -0.39 is 16.3 Å². The molecule has 1 saturated carbocycles. The maximum absolute atomic E-state index is 12.3. The molecule has 0 heterocycles. The first kappa shape index (κ1) is 14.2. The van der Waals surface area contributed by atoms with Gasteiger partial charge in [0.1, 0.15) is 5.41 Å². The highest BCUT2D eigenvalue weighted by molar-refractivity contribution is 5.89. The van der Waals surface area contributed by atoms with E-state index in [4.69, 9.17) is 0 Å². The monoisotopic (exact) mass is 272 g/mol. The number of ketones is 1. The van der Waals surface area contributed by atoms with Crippen LogP contribution in [0.3, 0.4) is 0 Å². The number of rotatable bonds is 4. The van der Waals surface area contributed by atoms with Gasteiger partial charge in [-0.3, -0.25) is 14.9 Å². The third-order valence-electron chi connectivity index (χ3n) is 4.05. The molecule has 1 aromatic rings. The van der Waals surface area contributed by atoms with Gasteiger partial charge < -0.3 is 0 Å². The quantitative estimate of drug-likeness (QED) is 0.623. The van der Waals surface area contributed by atoms with Crippen LogP contribution in [0.5, 0.6) is 0 Å². The number of hydrogen-bond acceptors (Lipinski definition) is 4. The van der Waals surface area contributed by atoms with Crippen LogP contribution in [0, 0.1) is 26.9 Å². The van der Waals surface area contributed by atoms with Gasteiger partial charge in [-0.15, -0.1) is 0 Å². The van der Waals surface area contributed by atoms with Crippen LogP contribution in [0.25, 0.3) is 0 Å². The molecular weight excluding hydrogens is 256 g/mol. The first-order chi connectivity index (χ1) is 9.60. The molecule has 0 amide bonds. The van der Waals surface area contributed by atoms with Crippen LogP contribution < -0.4 is 0 Å². The number of nitriles is 1. The Hall–Kier alpha value is -2.22. The molecule has 0 bridgehead atoms. The number of nitrogens with zero attached hydrogens (tertiary/aromatic N) is 2. The van der Waals surface area contributed by atoms with Gasteiger partial charge >= 0.3 is 0 Å². The van der Waals surface area contributed by atoms with E-state index in [2.05, 4.69) is 6.07 Å². The highest BCUT2D eigenvalue weighted by atomic mass is 16.6. The van der Waals surface area contributed by atoms with Crippen molar-refractivity contribution in [1.29, 1.82) is 5.26 Å². The SMILES string of the molecule is N#C[C@]1([C@@H](C[N+](=O)[O-])c2ccccc2)CCCCC1=O. The summed E-state index contributed by atoms with van der Waals surface area (Å²) in [6.07, 6.45) is 2.28. The Morgan fingerprint density at radius 3 is 2.60 bits per heavy atom. The lowest BCUT2D eigenvalue weighted by atomic mass is 9.64. The molecule has 0 aromatic heterocycles. The number of nitro groups is 1. The predicted molar refractivity (Wildman–Crippen MR) is 72.6 cm³/mol. The number of benzene rings is 1. The van der Waals surface area contributed by atoms with Crippen molar-refractivity contribution in [3.8, 4) is 6.07 Å². The Kier molecular flexibility index (Phi) is 4.14. The second kappa shape index (κ2) is 5.83. The summed E-state index contributed by atoms with van der Waals surface area (Å²) in [5, 5.41) is 20.5. The summed E-state index contributed by atoms with van der Waals surface area (Å²) in [7, 11) is 0. The molecule has 0 aliphatic heterocycles. The zero-order chi connectivity index (χ0) is 14.6. The average molecular weight is 272 g/mol. The Labute approximate surface area is 117 Å². The van der Waals surface area contributed by atoms with Gasteiger partial charge in [0, 0.05) is 11.3 Å². The normalized spacial score (nSPS) is 23.9. The van der Waals surface area contributed by atoms with Gasteiger partial charge in [0.05, 0.1) is 12.0 Å². The molecule has 20 heavy (non-hydrogen) atoms. The number of carbonyl (C=O) groups is 1. The summed E-state index contributed by atoms with van der Waals surface area (Å²) < 4.78 is 0. The Morgan fingerprint density at radius 2 is 2.05 bits per heavy atom. The maximum atomic E-state index is 12.3. The second-order valence-corrected chi connectivity index (χ2v) is 5.19. The lowest BCUT2D eigenvalue weighted by molar-refractivity contribution is -0.485. The van der Waals surface area contributed by atoms with E-state index in [0.717, 1.165) is 12.8 Å². The molecule has 2 rings (SSSR count). The van der Waals surface area contributed by atoms with Crippen LogP contribution in [-0.2, 0) is 4.79 Å². The van der Waals surface area contributed by atoms with Crippen LogP contribution >= 0.6 is 0 Å². The lowest BCUT2D eigenvalue weighted by Gasteiger charge is -2.34. The molecular formula is C15H16N2O3. The summed E-state index contributed by atoms with van der Waals surface area (Å²) in [4.78, 5) is 22.8. The van der Waals surface area contributed by atoms with Gasteiger partial charge in [-0.05, 0) is 18.4 Å². The highest BCUT2D eigenvalue weighted by Crippen LogP contribution is 2.44. The zero-order valence-electron chi connectivity index (χ0n) is 11.1. The Bertz CT molecular complexity index is 550. The number of carbonyl (C=O) groups excluding carboxylic acids is 1. The van der Waals surface area contributed by atoms with Gasteiger partial charge in [-0.1, -0.05) is 36.8 Å². The van der Waals surface area contributed by atoms with E-state index in [9.17, 15) is 20.2 Å². The third-order valence-corrected chi connectivity index (χ3v) is 4.05. The van der Waals surface area contributed by atoms with E-state index in [1.807, 2.05) is 6.07 Å². The number of Topliss-reactive ketones (excluding diaryl/α,β-unsaturated/α-hetero) is 1. The van der Waals surface area contributed by atoms with Crippen molar-refractivity contribution in [3.05, 3.63) is 46.0 Å².